The van der Waals surface area contributed by atoms with Crippen LogP contribution in [0.2, 0.25) is 0 Å². The molecular weight excluding hydrogens is 260 g/mol. The number of benzene rings is 1. The summed E-state index contributed by atoms with van der Waals surface area (Å²) in [4.78, 5) is 26.4. The van der Waals surface area contributed by atoms with E-state index in [1.54, 1.807) is 6.92 Å². The second-order valence-corrected chi connectivity index (χ2v) is 3.90. The lowest BCUT2D eigenvalue weighted by Crippen LogP contribution is -2.41. The largest absolute Gasteiger partial charge is 0.612 e. The maximum absolute atomic E-state index is 12.0. The highest BCUT2D eigenvalue weighted by Crippen LogP contribution is 2.39. The number of hydroxylamine groups is 2. The molecule has 7 heteroatoms. The summed E-state index contributed by atoms with van der Waals surface area (Å²) in [5, 5.41) is 10.9. The molecule has 0 bridgehead atoms. The summed E-state index contributed by atoms with van der Waals surface area (Å²) in [5.41, 5.74) is 0.593. The van der Waals surface area contributed by atoms with Crippen molar-refractivity contribution in [3.8, 4) is 0 Å². The lowest BCUT2D eigenvalue weighted by Gasteiger charge is -2.28. The molecule has 6 nitrogen and oxygen atoms in total. The van der Waals surface area contributed by atoms with Crippen LogP contribution in [-0.4, -0.2) is 24.3 Å². The summed E-state index contributed by atoms with van der Waals surface area (Å²) in [5.74, 6) is -0.511. The molecule has 1 amide bonds. The molecule has 0 N–H and O–H groups in total. The molecular formula is C11H9ClN2O4. The summed E-state index contributed by atoms with van der Waals surface area (Å²) in [6.07, 6.45) is 0.884. The van der Waals surface area contributed by atoms with Crippen LogP contribution in [0.15, 0.2) is 23.2 Å². The molecule has 0 saturated carbocycles. The molecule has 1 aromatic carbocycles. The Labute approximate surface area is 108 Å². The molecule has 1 aliphatic rings. The lowest BCUT2D eigenvalue weighted by atomic mass is 10.1. The third-order valence-electron chi connectivity index (χ3n) is 2.47. The molecule has 0 aliphatic carbocycles. The van der Waals surface area contributed by atoms with Crippen molar-refractivity contribution in [3.63, 3.8) is 0 Å². The topological polar surface area (TPSA) is 78.8 Å². The van der Waals surface area contributed by atoms with Gasteiger partial charge in [0.2, 0.25) is 6.34 Å². The van der Waals surface area contributed by atoms with Crippen molar-refractivity contribution >= 4 is 40.6 Å². The number of hydrogen-bond acceptors (Lipinski definition) is 5. The Morgan fingerprint density at radius 1 is 1.50 bits per heavy atom. The fraction of sp³-hybridized carbons (Fsp3) is 0.182. The first-order valence-electron chi connectivity index (χ1n) is 5.15. The van der Waals surface area contributed by atoms with E-state index < -0.39 is 16.0 Å². The predicted octanol–water partition coefficient (Wildman–Crippen LogP) is 2.70. The summed E-state index contributed by atoms with van der Waals surface area (Å²) >= 11 is 5.24. The Morgan fingerprint density at radius 2 is 2.22 bits per heavy atom. The Bertz CT molecular complexity index is 558. The van der Waals surface area contributed by atoms with Crippen molar-refractivity contribution in [1.82, 2.24) is 4.65 Å². The van der Waals surface area contributed by atoms with Crippen LogP contribution < -0.4 is 4.65 Å². The van der Waals surface area contributed by atoms with Gasteiger partial charge in [0.25, 0.3) is 0 Å². The number of ether oxygens (including phenoxy) is 1. The van der Waals surface area contributed by atoms with E-state index >= 15 is 0 Å². The van der Waals surface area contributed by atoms with Gasteiger partial charge in [0.1, 0.15) is 5.69 Å². The minimum atomic E-state index is -1.46. The first-order chi connectivity index (χ1) is 8.49. The summed E-state index contributed by atoms with van der Waals surface area (Å²) in [7, 11) is 0. The molecule has 0 spiro atoms. The van der Waals surface area contributed by atoms with Crippen molar-refractivity contribution < 1.29 is 14.3 Å². The molecule has 94 valence electrons. The smallest absolute Gasteiger partial charge is 0.422 e. The number of halogens is 1. The minimum absolute atomic E-state index is 0.0862. The third-order valence-corrected chi connectivity index (χ3v) is 2.72. The SMILES string of the molecule is CCOC(=O)c1ccc2c(c1)N=C[N+]2([O-])C(=O)Cl. The molecule has 18 heavy (non-hydrogen) atoms. The van der Waals surface area contributed by atoms with E-state index in [1.807, 2.05) is 0 Å². The highest BCUT2D eigenvalue weighted by atomic mass is 35.5. The first-order valence-corrected chi connectivity index (χ1v) is 5.53. The van der Waals surface area contributed by atoms with Gasteiger partial charge in [-0.2, -0.15) is 4.99 Å². The maximum atomic E-state index is 12.0. The number of rotatable bonds is 2. The van der Waals surface area contributed by atoms with Crippen LogP contribution in [0.5, 0.6) is 0 Å². The highest BCUT2D eigenvalue weighted by Gasteiger charge is 2.35. The van der Waals surface area contributed by atoms with Crippen molar-refractivity contribution in [3.05, 3.63) is 29.0 Å². The van der Waals surface area contributed by atoms with E-state index in [1.165, 1.54) is 18.2 Å². The highest BCUT2D eigenvalue weighted by molar-refractivity contribution is 6.66. The molecule has 1 heterocycles. The van der Waals surface area contributed by atoms with Gasteiger partial charge < -0.3 is 9.94 Å². The Balaban J connectivity index is 2.40. The van der Waals surface area contributed by atoms with Crippen LogP contribution in [0, 0.1) is 5.21 Å². The van der Waals surface area contributed by atoms with Gasteiger partial charge >= 0.3 is 11.3 Å². The second kappa shape index (κ2) is 4.49. The fourth-order valence-corrected chi connectivity index (χ4v) is 1.73. The summed E-state index contributed by atoms with van der Waals surface area (Å²) < 4.78 is 3.36. The molecule has 0 radical (unpaired) electrons. The van der Waals surface area contributed by atoms with Gasteiger partial charge in [0, 0.05) is 17.7 Å². The molecule has 0 fully saturated rings. The Kier molecular flexibility index (Phi) is 3.16. The number of hydrogen-bond donors (Lipinski definition) is 0. The van der Waals surface area contributed by atoms with Crippen molar-refractivity contribution in [1.29, 1.82) is 0 Å². The molecule has 1 unspecified atom stereocenters. The summed E-state index contributed by atoms with van der Waals surface area (Å²) in [6.45, 7) is 1.94. The zero-order chi connectivity index (χ0) is 13.3. The van der Waals surface area contributed by atoms with E-state index in [9.17, 15) is 14.8 Å². The van der Waals surface area contributed by atoms with Gasteiger partial charge in [-0.3, -0.25) is 0 Å². The zero-order valence-corrected chi connectivity index (χ0v) is 10.2. The average Bonchev–Trinajstić information content (AvgIpc) is 2.68. The summed E-state index contributed by atoms with van der Waals surface area (Å²) in [6, 6.07) is 4.14. The van der Waals surface area contributed by atoms with Gasteiger partial charge in [-0.25, -0.2) is 14.2 Å². The molecule has 0 aromatic heterocycles. The number of fused-ring (bicyclic) bond motifs is 1. The van der Waals surface area contributed by atoms with Crippen LogP contribution >= 0.6 is 11.6 Å². The monoisotopic (exact) mass is 268 g/mol. The van der Waals surface area contributed by atoms with Crippen LogP contribution in [0.4, 0.5) is 16.2 Å². The number of carbonyl (C=O) groups excluding carboxylic acids is 2. The molecule has 1 aliphatic heterocycles. The van der Waals surface area contributed by atoms with E-state index in [-0.39, 0.29) is 23.5 Å². The number of aliphatic imine (C=N–C) groups is 1. The maximum Gasteiger partial charge on any atom is 0.422 e. The quantitative estimate of drug-likeness (QED) is 0.272. The first kappa shape index (κ1) is 12.7. The number of nitrogens with zero attached hydrogens (tertiary/aromatic N) is 2. The molecule has 1 aromatic rings. The van der Waals surface area contributed by atoms with E-state index in [4.69, 9.17) is 16.3 Å². The van der Waals surface area contributed by atoms with Gasteiger partial charge in [0.05, 0.1) is 12.2 Å². The van der Waals surface area contributed by atoms with E-state index in [2.05, 4.69) is 4.99 Å². The van der Waals surface area contributed by atoms with Gasteiger partial charge in [-0.05, 0) is 19.1 Å². The van der Waals surface area contributed by atoms with Gasteiger partial charge in [0.15, 0.2) is 5.69 Å². The van der Waals surface area contributed by atoms with Crippen LogP contribution in [-0.2, 0) is 4.74 Å². The predicted molar refractivity (Wildman–Crippen MR) is 67.0 cm³/mol. The molecule has 1 atom stereocenters. The van der Waals surface area contributed by atoms with E-state index in [0.29, 0.717) is 0 Å². The molecule has 0 saturated heterocycles. The fourth-order valence-electron chi connectivity index (χ4n) is 1.59. The number of amides is 1. The molecule has 2 rings (SSSR count). The van der Waals surface area contributed by atoms with Gasteiger partial charge in [-0.15, -0.1) is 0 Å². The normalized spacial score (nSPS) is 20.6. The Morgan fingerprint density at radius 3 is 2.83 bits per heavy atom. The van der Waals surface area contributed by atoms with Crippen LogP contribution in [0.1, 0.15) is 17.3 Å². The van der Waals surface area contributed by atoms with Gasteiger partial charge in [-0.1, -0.05) is 0 Å². The standard InChI is InChI=1S/C11H9ClN2O4/c1-2-18-10(15)7-3-4-9-8(5-7)13-6-14(9,17)11(12)16/h3-6H,2H2,1H3. The van der Waals surface area contributed by atoms with Crippen LogP contribution in [0.25, 0.3) is 0 Å². The average molecular weight is 269 g/mol. The second-order valence-electron chi connectivity index (χ2n) is 3.58. The Hall–Kier alpha value is -1.76. The number of esters is 1. The zero-order valence-electron chi connectivity index (χ0n) is 9.42. The third kappa shape index (κ3) is 1.90. The number of carbonyl (C=O) groups is 2. The van der Waals surface area contributed by atoms with Crippen molar-refractivity contribution in [2.45, 2.75) is 6.92 Å². The van der Waals surface area contributed by atoms with Crippen molar-refractivity contribution in [2.75, 3.05) is 6.61 Å². The van der Waals surface area contributed by atoms with Crippen LogP contribution in [0.3, 0.4) is 0 Å². The van der Waals surface area contributed by atoms with Crippen molar-refractivity contribution in [2.24, 2.45) is 4.99 Å². The number of quaternary nitrogens is 1. The lowest BCUT2D eigenvalue weighted by molar-refractivity contribution is 0.0526. The minimum Gasteiger partial charge on any atom is -0.612 e. The van der Waals surface area contributed by atoms with E-state index in [0.717, 1.165) is 6.34 Å².